The smallest absolute Gasteiger partial charge is 0.124 e. The largest absolute Gasteiger partial charge is 0.488 e. The van der Waals surface area contributed by atoms with E-state index in [9.17, 15) is 0 Å². The molecular formula is C16H18N2OS. The molecule has 0 aliphatic carbocycles. The predicted molar refractivity (Wildman–Crippen MR) is 85.4 cm³/mol. The summed E-state index contributed by atoms with van der Waals surface area (Å²) in [7, 11) is 4.03. The second-order valence-corrected chi connectivity index (χ2v) is 5.44. The van der Waals surface area contributed by atoms with Crippen LogP contribution in [0, 0.1) is 11.8 Å². The molecule has 2 rings (SSSR count). The molecule has 0 aliphatic heterocycles. The fraction of sp³-hybridized carbons (Fsp3) is 0.250. The van der Waals surface area contributed by atoms with Gasteiger partial charge in [-0.1, -0.05) is 17.9 Å². The van der Waals surface area contributed by atoms with E-state index in [1.54, 1.807) is 11.3 Å². The van der Waals surface area contributed by atoms with Gasteiger partial charge in [0.25, 0.3) is 0 Å². The molecular weight excluding hydrogens is 268 g/mol. The number of nitrogens with zero attached hydrogens (tertiary/aromatic N) is 1. The standard InChI is InChI=1S/C16H18N2OS/c1-18(2)14-6-3-7-15(11-14)19-12-16-13(5-4-9-17)8-10-20-16/h3,6-8,10-11H,9,12,17H2,1-2H3. The third-order valence-corrected chi connectivity index (χ3v) is 3.67. The van der Waals surface area contributed by atoms with Crippen molar-refractivity contribution < 1.29 is 4.74 Å². The van der Waals surface area contributed by atoms with Crippen molar-refractivity contribution in [3.8, 4) is 17.6 Å². The van der Waals surface area contributed by atoms with Crippen LogP contribution in [0.4, 0.5) is 5.69 Å². The van der Waals surface area contributed by atoms with Gasteiger partial charge in [-0.15, -0.1) is 11.3 Å². The van der Waals surface area contributed by atoms with Crippen LogP contribution in [0.5, 0.6) is 5.75 Å². The maximum Gasteiger partial charge on any atom is 0.124 e. The fourth-order valence-corrected chi connectivity index (χ4v) is 2.45. The van der Waals surface area contributed by atoms with Crippen LogP contribution in [-0.4, -0.2) is 20.6 Å². The summed E-state index contributed by atoms with van der Waals surface area (Å²) in [6, 6.07) is 10.0. The number of anilines is 1. The third-order valence-electron chi connectivity index (χ3n) is 2.77. The van der Waals surface area contributed by atoms with Gasteiger partial charge in [-0.25, -0.2) is 0 Å². The zero-order chi connectivity index (χ0) is 14.4. The Morgan fingerprint density at radius 3 is 2.90 bits per heavy atom. The maximum atomic E-state index is 5.85. The number of hydrogen-bond donors (Lipinski definition) is 1. The molecule has 0 aliphatic rings. The minimum absolute atomic E-state index is 0.376. The van der Waals surface area contributed by atoms with Crippen LogP contribution < -0.4 is 15.4 Å². The average Bonchev–Trinajstić information content (AvgIpc) is 2.90. The monoisotopic (exact) mass is 286 g/mol. The molecule has 20 heavy (non-hydrogen) atoms. The summed E-state index contributed by atoms with van der Waals surface area (Å²) in [5, 5.41) is 2.02. The van der Waals surface area contributed by atoms with Crippen molar-refractivity contribution >= 4 is 17.0 Å². The van der Waals surface area contributed by atoms with E-state index in [-0.39, 0.29) is 0 Å². The maximum absolute atomic E-state index is 5.85. The first kappa shape index (κ1) is 14.4. The highest BCUT2D eigenvalue weighted by molar-refractivity contribution is 7.10. The molecule has 104 valence electrons. The highest BCUT2D eigenvalue weighted by Gasteiger charge is 2.04. The average molecular weight is 286 g/mol. The molecule has 2 aromatic rings. The lowest BCUT2D eigenvalue weighted by Gasteiger charge is -2.13. The van der Waals surface area contributed by atoms with Crippen molar-refractivity contribution in [2.45, 2.75) is 6.61 Å². The van der Waals surface area contributed by atoms with Crippen LogP contribution in [0.3, 0.4) is 0 Å². The van der Waals surface area contributed by atoms with Gasteiger partial charge < -0.3 is 15.4 Å². The SMILES string of the molecule is CN(C)c1cccc(OCc2sccc2C#CCN)c1. The van der Waals surface area contributed by atoms with Gasteiger partial charge in [0.15, 0.2) is 0 Å². The molecule has 0 atom stereocenters. The number of ether oxygens (including phenoxy) is 1. The summed E-state index contributed by atoms with van der Waals surface area (Å²) in [6.07, 6.45) is 0. The van der Waals surface area contributed by atoms with E-state index >= 15 is 0 Å². The summed E-state index contributed by atoms with van der Waals surface area (Å²) >= 11 is 1.65. The molecule has 0 amide bonds. The first-order valence-corrected chi connectivity index (χ1v) is 7.24. The van der Waals surface area contributed by atoms with Crippen LogP contribution in [0.1, 0.15) is 10.4 Å². The number of nitrogens with two attached hydrogens (primary N) is 1. The Kier molecular flexibility index (Phi) is 5.05. The molecule has 0 bridgehead atoms. The van der Waals surface area contributed by atoms with E-state index in [1.807, 2.05) is 43.7 Å². The second-order valence-electron chi connectivity index (χ2n) is 4.44. The van der Waals surface area contributed by atoms with Gasteiger partial charge in [0.2, 0.25) is 0 Å². The van der Waals surface area contributed by atoms with Crippen LogP contribution in [0.25, 0.3) is 0 Å². The minimum atomic E-state index is 0.376. The first-order chi connectivity index (χ1) is 9.70. The minimum Gasteiger partial charge on any atom is -0.488 e. The Bertz CT molecular complexity index is 623. The van der Waals surface area contributed by atoms with Crippen LogP contribution in [-0.2, 0) is 6.61 Å². The Hall–Kier alpha value is -1.96. The van der Waals surface area contributed by atoms with Gasteiger partial charge in [0, 0.05) is 31.4 Å². The van der Waals surface area contributed by atoms with Crippen molar-refractivity contribution in [3.05, 3.63) is 46.2 Å². The number of rotatable bonds is 4. The van der Waals surface area contributed by atoms with Crippen LogP contribution in [0.15, 0.2) is 35.7 Å². The molecule has 3 nitrogen and oxygen atoms in total. The molecule has 0 radical (unpaired) electrons. The van der Waals surface area contributed by atoms with E-state index in [0.29, 0.717) is 13.2 Å². The molecule has 1 heterocycles. The molecule has 2 N–H and O–H groups in total. The van der Waals surface area contributed by atoms with Crippen molar-refractivity contribution in [2.24, 2.45) is 5.73 Å². The quantitative estimate of drug-likeness (QED) is 0.878. The van der Waals surface area contributed by atoms with E-state index in [0.717, 1.165) is 21.9 Å². The van der Waals surface area contributed by atoms with Gasteiger partial charge in [-0.3, -0.25) is 0 Å². The van der Waals surface area contributed by atoms with E-state index in [4.69, 9.17) is 10.5 Å². The summed E-state index contributed by atoms with van der Waals surface area (Å²) in [4.78, 5) is 3.18. The van der Waals surface area contributed by atoms with Crippen LogP contribution in [0.2, 0.25) is 0 Å². The third kappa shape index (κ3) is 3.77. The number of thiophene rings is 1. The summed E-state index contributed by atoms with van der Waals surface area (Å²) in [6.45, 7) is 0.907. The topological polar surface area (TPSA) is 38.5 Å². The van der Waals surface area contributed by atoms with Crippen molar-refractivity contribution in [3.63, 3.8) is 0 Å². The number of benzene rings is 1. The van der Waals surface area contributed by atoms with Crippen molar-refractivity contribution in [1.82, 2.24) is 0 Å². The van der Waals surface area contributed by atoms with Gasteiger partial charge in [-0.05, 0) is 23.6 Å². The van der Waals surface area contributed by atoms with Gasteiger partial charge >= 0.3 is 0 Å². The first-order valence-electron chi connectivity index (χ1n) is 6.36. The van der Waals surface area contributed by atoms with Crippen molar-refractivity contribution in [1.29, 1.82) is 0 Å². The Labute approximate surface area is 124 Å². The lowest BCUT2D eigenvalue weighted by Crippen LogP contribution is -2.08. The van der Waals surface area contributed by atoms with Gasteiger partial charge in [0.1, 0.15) is 12.4 Å². The Balaban J connectivity index is 2.05. The molecule has 0 saturated carbocycles. The Morgan fingerprint density at radius 1 is 1.30 bits per heavy atom. The zero-order valence-corrected chi connectivity index (χ0v) is 12.5. The van der Waals surface area contributed by atoms with E-state index < -0.39 is 0 Å². The highest BCUT2D eigenvalue weighted by atomic mass is 32.1. The molecule has 0 saturated heterocycles. The highest BCUT2D eigenvalue weighted by Crippen LogP contribution is 2.22. The van der Waals surface area contributed by atoms with E-state index in [1.165, 1.54) is 0 Å². The normalized spacial score (nSPS) is 9.75. The fourth-order valence-electron chi connectivity index (χ4n) is 1.71. The molecule has 4 heteroatoms. The molecule has 0 spiro atoms. The van der Waals surface area contributed by atoms with Crippen LogP contribution >= 0.6 is 11.3 Å². The molecule has 0 fully saturated rings. The zero-order valence-electron chi connectivity index (χ0n) is 11.7. The summed E-state index contributed by atoms with van der Waals surface area (Å²) in [5.41, 5.74) is 7.53. The number of hydrogen-bond acceptors (Lipinski definition) is 4. The lowest BCUT2D eigenvalue weighted by molar-refractivity contribution is 0.309. The van der Waals surface area contributed by atoms with E-state index in [2.05, 4.69) is 22.8 Å². The molecule has 1 aromatic heterocycles. The predicted octanol–water partition coefficient (Wildman–Crippen LogP) is 2.70. The Morgan fingerprint density at radius 2 is 2.15 bits per heavy atom. The second kappa shape index (κ2) is 6.99. The van der Waals surface area contributed by atoms with Gasteiger partial charge in [0.05, 0.1) is 11.4 Å². The van der Waals surface area contributed by atoms with Gasteiger partial charge in [-0.2, -0.15) is 0 Å². The van der Waals surface area contributed by atoms with Crippen molar-refractivity contribution in [2.75, 3.05) is 25.5 Å². The summed E-state index contributed by atoms with van der Waals surface area (Å²) in [5.74, 6) is 6.80. The molecule has 0 unspecified atom stereocenters. The summed E-state index contributed by atoms with van der Waals surface area (Å²) < 4.78 is 5.85. The lowest BCUT2D eigenvalue weighted by atomic mass is 10.2. The molecule has 1 aromatic carbocycles.